The van der Waals surface area contributed by atoms with Crippen LogP contribution in [0.5, 0.6) is 0 Å². The quantitative estimate of drug-likeness (QED) is 0.589. The number of hydrogen-bond acceptors (Lipinski definition) is 5. The molecule has 0 spiro atoms. The van der Waals surface area contributed by atoms with E-state index in [1.807, 2.05) is 0 Å². The van der Waals surface area contributed by atoms with Crippen LogP contribution in [0.25, 0.3) is 0 Å². The third kappa shape index (κ3) is 4.77. The molecule has 138 valence electrons. The van der Waals surface area contributed by atoms with E-state index in [9.17, 15) is 23.3 Å². The normalized spacial score (nSPS) is 11.2. The van der Waals surface area contributed by atoms with Gasteiger partial charge in [-0.2, -0.15) is 0 Å². The number of non-ortho nitro benzene ring substituents is 1. The Morgan fingerprint density at radius 1 is 1.15 bits per heavy atom. The highest BCUT2D eigenvalue weighted by Crippen LogP contribution is 2.17. The molecule has 2 amide bonds. The van der Waals surface area contributed by atoms with Crippen LogP contribution in [-0.2, 0) is 16.6 Å². The SMILES string of the molecule is CN(C)S(=O)(=O)c1ccc(CNC(=O)Nc2cccc([N+](=O)[O-])c2)cc1. The average Bonchev–Trinajstić information content (AvgIpc) is 2.60. The summed E-state index contributed by atoms with van der Waals surface area (Å²) in [5, 5.41) is 15.8. The summed E-state index contributed by atoms with van der Waals surface area (Å²) in [4.78, 5) is 22.2. The molecule has 2 aromatic carbocycles. The zero-order chi connectivity index (χ0) is 19.3. The molecule has 0 fully saturated rings. The molecule has 0 radical (unpaired) electrons. The number of carbonyl (C=O) groups is 1. The van der Waals surface area contributed by atoms with E-state index < -0.39 is 21.0 Å². The monoisotopic (exact) mass is 378 g/mol. The highest BCUT2D eigenvalue weighted by atomic mass is 32.2. The number of sulfonamides is 1. The molecule has 26 heavy (non-hydrogen) atoms. The van der Waals surface area contributed by atoms with Gasteiger partial charge in [0.1, 0.15) is 0 Å². The number of nitro groups is 1. The van der Waals surface area contributed by atoms with Gasteiger partial charge in [0.25, 0.3) is 5.69 Å². The second-order valence-corrected chi connectivity index (χ2v) is 7.70. The van der Waals surface area contributed by atoms with Crippen molar-refractivity contribution in [1.82, 2.24) is 9.62 Å². The van der Waals surface area contributed by atoms with Crippen molar-refractivity contribution in [2.45, 2.75) is 11.4 Å². The lowest BCUT2D eigenvalue weighted by molar-refractivity contribution is -0.384. The van der Waals surface area contributed by atoms with Crippen LogP contribution in [0.1, 0.15) is 5.56 Å². The van der Waals surface area contributed by atoms with Crippen molar-refractivity contribution in [2.24, 2.45) is 0 Å². The van der Waals surface area contributed by atoms with Crippen molar-refractivity contribution >= 4 is 27.4 Å². The number of carbonyl (C=O) groups excluding carboxylic acids is 1. The Balaban J connectivity index is 1.95. The summed E-state index contributed by atoms with van der Waals surface area (Å²) >= 11 is 0. The first-order valence-electron chi connectivity index (χ1n) is 7.51. The Labute approximate surface area is 150 Å². The molecule has 2 rings (SSSR count). The number of benzene rings is 2. The minimum atomic E-state index is -3.50. The number of nitrogens with zero attached hydrogens (tertiary/aromatic N) is 2. The number of urea groups is 1. The van der Waals surface area contributed by atoms with Gasteiger partial charge in [-0.1, -0.05) is 18.2 Å². The standard InChI is InChI=1S/C16H18N4O5S/c1-19(2)26(24,25)15-8-6-12(7-9-15)11-17-16(21)18-13-4-3-5-14(10-13)20(22)23/h3-10H,11H2,1-2H3,(H2,17,18,21). The molecule has 0 atom stereocenters. The maximum absolute atomic E-state index is 12.0. The van der Waals surface area contributed by atoms with Crippen LogP contribution >= 0.6 is 0 Å². The van der Waals surface area contributed by atoms with Crippen LogP contribution < -0.4 is 10.6 Å². The maximum atomic E-state index is 12.0. The lowest BCUT2D eigenvalue weighted by Gasteiger charge is -2.12. The van der Waals surface area contributed by atoms with Crippen molar-refractivity contribution in [1.29, 1.82) is 0 Å². The van der Waals surface area contributed by atoms with Gasteiger partial charge in [0, 0.05) is 38.5 Å². The summed E-state index contributed by atoms with van der Waals surface area (Å²) in [5.74, 6) is 0. The Kier molecular flexibility index (Phi) is 5.90. The predicted molar refractivity (Wildman–Crippen MR) is 96.3 cm³/mol. The zero-order valence-electron chi connectivity index (χ0n) is 14.2. The fourth-order valence-electron chi connectivity index (χ4n) is 2.04. The summed E-state index contributed by atoms with van der Waals surface area (Å²) in [6.45, 7) is 0.170. The van der Waals surface area contributed by atoms with E-state index in [0.29, 0.717) is 11.3 Å². The first-order chi connectivity index (χ1) is 12.2. The second-order valence-electron chi connectivity index (χ2n) is 5.55. The number of anilines is 1. The molecule has 10 heteroatoms. The molecule has 0 heterocycles. The van der Waals surface area contributed by atoms with Gasteiger partial charge in [-0.3, -0.25) is 10.1 Å². The second kappa shape index (κ2) is 7.93. The summed E-state index contributed by atoms with van der Waals surface area (Å²) < 4.78 is 25.1. The highest BCUT2D eigenvalue weighted by molar-refractivity contribution is 7.89. The van der Waals surface area contributed by atoms with Gasteiger partial charge < -0.3 is 10.6 Å². The largest absolute Gasteiger partial charge is 0.334 e. The van der Waals surface area contributed by atoms with E-state index in [1.165, 1.54) is 50.5 Å². The highest BCUT2D eigenvalue weighted by Gasteiger charge is 2.16. The van der Waals surface area contributed by atoms with Crippen LogP contribution in [0, 0.1) is 10.1 Å². The summed E-state index contributed by atoms with van der Waals surface area (Å²) in [7, 11) is -0.603. The van der Waals surface area contributed by atoms with E-state index in [0.717, 1.165) is 4.31 Å². The fraction of sp³-hybridized carbons (Fsp3) is 0.188. The molecule has 0 aromatic heterocycles. The van der Waals surface area contributed by atoms with Crippen LogP contribution in [0.3, 0.4) is 0 Å². The lowest BCUT2D eigenvalue weighted by atomic mass is 10.2. The molecule has 0 aliphatic rings. The van der Waals surface area contributed by atoms with Crippen LogP contribution in [0.2, 0.25) is 0 Å². The van der Waals surface area contributed by atoms with Crippen molar-refractivity contribution in [3.05, 3.63) is 64.2 Å². The van der Waals surface area contributed by atoms with Crippen LogP contribution in [-0.4, -0.2) is 37.8 Å². The minimum absolute atomic E-state index is 0.125. The van der Waals surface area contributed by atoms with E-state index in [-0.39, 0.29) is 17.1 Å². The number of hydrogen-bond donors (Lipinski definition) is 2. The van der Waals surface area contributed by atoms with Gasteiger partial charge in [-0.05, 0) is 23.8 Å². The number of nitrogens with one attached hydrogen (secondary N) is 2. The molecule has 0 saturated carbocycles. The summed E-state index contributed by atoms with van der Waals surface area (Å²) in [5.41, 5.74) is 0.876. The smallest absolute Gasteiger partial charge is 0.319 e. The van der Waals surface area contributed by atoms with Gasteiger partial charge in [-0.25, -0.2) is 17.5 Å². The van der Waals surface area contributed by atoms with Crippen molar-refractivity contribution in [3.63, 3.8) is 0 Å². The minimum Gasteiger partial charge on any atom is -0.334 e. The molecular weight excluding hydrogens is 360 g/mol. The van der Waals surface area contributed by atoms with Gasteiger partial charge in [0.05, 0.1) is 9.82 Å². The number of rotatable bonds is 6. The third-order valence-electron chi connectivity index (χ3n) is 3.47. The zero-order valence-corrected chi connectivity index (χ0v) is 15.0. The first kappa shape index (κ1) is 19.3. The molecule has 0 aliphatic heterocycles. The summed E-state index contributed by atoms with van der Waals surface area (Å²) in [6, 6.07) is 11.2. The van der Waals surface area contributed by atoms with Gasteiger partial charge in [-0.15, -0.1) is 0 Å². The Morgan fingerprint density at radius 3 is 2.38 bits per heavy atom. The number of amides is 2. The maximum Gasteiger partial charge on any atom is 0.319 e. The van der Waals surface area contributed by atoms with E-state index in [4.69, 9.17) is 0 Å². The lowest BCUT2D eigenvalue weighted by Crippen LogP contribution is -2.28. The first-order valence-corrected chi connectivity index (χ1v) is 8.95. The van der Waals surface area contributed by atoms with E-state index in [1.54, 1.807) is 12.1 Å². The predicted octanol–water partition coefficient (Wildman–Crippen LogP) is 2.17. The molecule has 0 aliphatic carbocycles. The molecule has 2 N–H and O–H groups in total. The third-order valence-corrected chi connectivity index (χ3v) is 5.30. The molecule has 0 saturated heterocycles. The fourth-order valence-corrected chi connectivity index (χ4v) is 2.95. The molecule has 0 bridgehead atoms. The van der Waals surface area contributed by atoms with Crippen LogP contribution in [0.4, 0.5) is 16.2 Å². The molecule has 9 nitrogen and oxygen atoms in total. The topological polar surface area (TPSA) is 122 Å². The Bertz CT molecular complexity index is 910. The number of nitro benzene ring substituents is 1. The van der Waals surface area contributed by atoms with Crippen LogP contribution in [0.15, 0.2) is 53.4 Å². The van der Waals surface area contributed by atoms with Gasteiger partial charge in [0.2, 0.25) is 10.0 Å². The average molecular weight is 378 g/mol. The van der Waals surface area contributed by atoms with Crippen molar-refractivity contribution in [3.8, 4) is 0 Å². The summed E-state index contributed by atoms with van der Waals surface area (Å²) in [6.07, 6.45) is 0. The van der Waals surface area contributed by atoms with Gasteiger partial charge in [0.15, 0.2) is 0 Å². The molecule has 0 unspecified atom stereocenters. The Hall–Kier alpha value is -2.98. The molecule has 2 aromatic rings. The molecular formula is C16H18N4O5S. The van der Waals surface area contributed by atoms with Crippen molar-refractivity contribution in [2.75, 3.05) is 19.4 Å². The van der Waals surface area contributed by atoms with Gasteiger partial charge >= 0.3 is 6.03 Å². The Morgan fingerprint density at radius 2 is 1.81 bits per heavy atom. The van der Waals surface area contributed by atoms with Crippen molar-refractivity contribution < 1.29 is 18.1 Å². The van der Waals surface area contributed by atoms with E-state index in [2.05, 4.69) is 10.6 Å². The van der Waals surface area contributed by atoms with E-state index >= 15 is 0 Å².